The first-order valence-corrected chi connectivity index (χ1v) is 7.57. The largest absolute Gasteiger partial charge is 0.242 e. The molecule has 0 saturated carbocycles. The van der Waals surface area contributed by atoms with Gasteiger partial charge < -0.3 is 0 Å². The maximum absolute atomic E-state index is 13.9. The van der Waals surface area contributed by atoms with Gasteiger partial charge in [-0.1, -0.05) is 0 Å². The minimum Gasteiger partial charge on any atom is -0.242 e. The fraction of sp³-hybridized carbons (Fsp3) is 0.538. The molecule has 0 bridgehead atoms. The second-order valence-electron chi connectivity index (χ2n) is 5.32. The SMILES string of the molecule is C[C@@H](N[S@](=O)C(C)(C)C)c1cc(F)c(CCl)cc1F. The van der Waals surface area contributed by atoms with Gasteiger partial charge in [0.05, 0.1) is 21.6 Å². The van der Waals surface area contributed by atoms with E-state index in [9.17, 15) is 13.0 Å². The van der Waals surface area contributed by atoms with Gasteiger partial charge in [0.25, 0.3) is 0 Å². The standard InChI is InChI=1S/C13H18ClF2NOS/c1-8(17-19(18)13(2,3)4)10-6-11(15)9(7-14)5-12(10)16/h5-6,8,17H,7H2,1-4H3/t8-,19-/m1/s1. The van der Waals surface area contributed by atoms with Crippen LogP contribution >= 0.6 is 11.6 Å². The summed E-state index contributed by atoms with van der Waals surface area (Å²) >= 11 is 5.51. The van der Waals surface area contributed by atoms with E-state index in [4.69, 9.17) is 11.6 Å². The van der Waals surface area contributed by atoms with Gasteiger partial charge in [0.1, 0.15) is 11.6 Å². The predicted molar refractivity (Wildman–Crippen MR) is 75.4 cm³/mol. The Balaban J connectivity index is 2.98. The van der Waals surface area contributed by atoms with E-state index in [2.05, 4.69) is 4.72 Å². The number of halogens is 3. The van der Waals surface area contributed by atoms with E-state index >= 15 is 0 Å². The van der Waals surface area contributed by atoms with Crippen molar-refractivity contribution in [1.82, 2.24) is 4.72 Å². The van der Waals surface area contributed by atoms with Gasteiger partial charge in [-0.2, -0.15) is 0 Å². The first-order valence-electron chi connectivity index (χ1n) is 5.88. The molecule has 0 fully saturated rings. The molecule has 0 unspecified atom stereocenters. The summed E-state index contributed by atoms with van der Waals surface area (Å²) in [7, 11) is -1.36. The van der Waals surface area contributed by atoms with Crippen LogP contribution in [0.5, 0.6) is 0 Å². The van der Waals surface area contributed by atoms with Crippen LogP contribution < -0.4 is 4.72 Å². The van der Waals surface area contributed by atoms with Gasteiger partial charge >= 0.3 is 0 Å². The maximum Gasteiger partial charge on any atom is 0.128 e. The molecule has 0 heterocycles. The number of alkyl halides is 1. The van der Waals surface area contributed by atoms with Crippen molar-refractivity contribution in [1.29, 1.82) is 0 Å². The van der Waals surface area contributed by atoms with Crippen molar-refractivity contribution >= 4 is 22.6 Å². The first-order chi connectivity index (χ1) is 8.66. The normalized spacial score (nSPS) is 15.3. The summed E-state index contributed by atoms with van der Waals surface area (Å²) in [6, 6.07) is 1.62. The molecule has 0 radical (unpaired) electrons. The molecule has 2 atom stereocenters. The van der Waals surface area contributed by atoms with Gasteiger partial charge in [-0.05, 0) is 39.8 Å². The van der Waals surface area contributed by atoms with Crippen LogP contribution in [0.25, 0.3) is 0 Å². The third-order valence-electron chi connectivity index (χ3n) is 2.62. The van der Waals surface area contributed by atoms with E-state index < -0.39 is 33.4 Å². The Morgan fingerprint density at radius 2 is 1.89 bits per heavy atom. The van der Waals surface area contributed by atoms with Crippen LogP contribution in [0.3, 0.4) is 0 Å². The van der Waals surface area contributed by atoms with Crippen LogP contribution in [0.15, 0.2) is 12.1 Å². The Morgan fingerprint density at radius 1 is 1.32 bits per heavy atom. The molecule has 0 spiro atoms. The molecule has 19 heavy (non-hydrogen) atoms. The summed E-state index contributed by atoms with van der Waals surface area (Å²) in [5.74, 6) is -1.19. The molecule has 0 aliphatic rings. The predicted octanol–water partition coefficient (Wildman–Crippen LogP) is 3.82. The number of benzene rings is 1. The van der Waals surface area contributed by atoms with Crippen molar-refractivity contribution in [2.24, 2.45) is 0 Å². The number of nitrogens with one attached hydrogen (secondary N) is 1. The molecule has 1 rings (SSSR count). The molecule has 6 heteroatoms. The fourth-order valence-electron chi connectivity index (χ4n) is 1.44. The minimum atomic E-state index is -1.36. The molecule has 0 saturated heterocycles. The third kappa shape index (κ3) is 4.23. The van der Waals surface area contributed by atoms with Gasteiger partial charge in [0.15, 0.2) is 0 Å². The average molecular weight is 310 g/mol. The Bertz CT molecular complexity index is 488. The number of hydrogen-bond acceptors (Lipinski definition) is 1. The smallest absolute Gasteiger partial charge is 0.128 e. The number of hydrogen-bond donors (Lipinski definition) is 1. The van der Waals surface area contributed by atoms with Gasteiger partial charge in [-0.3, -0.25) is 0 Å². The zero-order chi connectivity index (χ0) is 14.8. The maximum atomic E-state index is 13.9. The molecule has 1 aromatic carbocycles. The highest BCUT2D eigenvalue weighted by molar-refractivity contribution is 7.84. The van der Waals surface area contributed by atoms with E-state index in [1.807, 2.05) is 0 Å². The quantitative estimate of drug-likeness (QED) is 0.842. The molecule has 2 nitrogen and oxygen atoms in total. The lowest BCUT2D eigenvalue weighted by molar-refractivity contribution is 0.551. The van der Waals surface area contributed by atoms with Crippen LogP contribution in [0.1, 0.15) is 44.9 Å². The molecule has 0 aromatic heterocycles. The summed E-state index contributed by atoms with van der Waals surface area (Å²) in [4.78, 5) is 0. The number of rotatable bonds is 4. The second kappa shape index (κ2) is 6.29. The van der Waals surface area contributed by atoms with Crippen molar-refractivity contribution in [3.05, 3.63) is 34.9 Å². The monoisotopic (exact) mass is 309 g/mol. The Morgan fingerprint density at radius 3 is 2.37 bits per heavy atom. The molecule has 0 aliphatic heterocycles. The molecular formula is C13H18ClF2NOS. The summed E-state index contributed by atoms with van der Waals surface area (Å²) < 4.78 is 41.7. The van der Waals surface area contributed by atoms with Crippen molar-refractivity contribution in [2.45, 2.75) is 44.4 Å². The second-order valence-corrected chi connectivity index (χ2v) is 7.58. The van der Waals surface area contributed by atoms with E-state index in [1.54, 1.807) is 27.7 Å². The highest BCUT2D eigenvalue weighted by Crippen LogP contribution is 2.23. The van der Waals surface area contributed by atoms with Crippen LogP contribution in [-0.2, 0) is 16.9 Å². The van der Waals surface area contributed by atoms with Crippen molar-refractivity contribution in [3.8, 4) is 0 Å². The minimum absolute atomic E-state index is 0.0846. The van der Waals surface area contributed by atoms with Gasteiger partial charge in [-0.25, -0.2) is 17.7 Å². The molecule has 0 aliphatic carbocycles. The fourth-order valence-corrected chi connectivity index (χ4v) is 2.44. The van der Waals surface area contributed by atoms with Gasteiger partial charge in [0.2, 0.25) is 0 Å². The zero-order valence-corrected chi connectivity index (χ0v) is 13.0. The third-order valence-corrected chi connectivity index (χ3v) is 4.58. The molecule has 108 valence electrons. The first kappa shape index (κ1) is 16.5. The Hall–Kier alpha value is -0.520. The van der Waals surface area contributed by atoms with Crippen molar-refractivity contribution < 1.29 is 13.0 Å². The molecular weight excluding hydrogens is 292 g/mol. The van der Waals surface area contributed by atoms with Gasteiger partial charge in [0, 0.05) is 17.2 Å². The molecule has 1 N–H and O–H groups in total. The summed E-state index contributed by atoms with van der Waals surface area (Å²) in [5, 5.41) is 0. The molecule has 0 amide bonds. The lowest BCUT2D eigenvalue weighted by Gasteiger charge is -2.22. The van der Waals surface area contributed by atoms with E-state index in [-0.39, 0.29) is 17.0 Å². The Kier molecular flexibility index (Phi) is 5.47. The lowest BCUT2D eigenvalue weighted by Crippen LogP contribution is -2.35. The topological polar surface area (TPSA) is 29.1 Å². The van der Waals surface area contributed by atoms with Crippen molar-refractivity contribution in [3.63, 3.8) is 0 Å². The van der Waals surface area contributed by atoms with Crippen LogP contribution in [-0.4, -0.2) is 8.96 Å². The summed E-state index contributed by atoms with van der Waals surface area (Å²) in [5.41, 5.74) is 0.260. The highest BCUT2D eigenvalue weighted by atomic mass is 35.5. The lowest BCUT2D eigenvalue weighted by atomic mass is 10.1. The Labute approximate surface area is 120 Å². The van der Waals surface area contributed by atoms with E-state index in [0.29, 0.717) is 0 Å². The van der Waals surface area contributed by atoms with Gasteiger partial charge in [-0.15, -0.1) is 11.6 Å². The zero-order valence-electron chi connectivity index (χ0n) is 11.4. The summed E-state index contributed by atoms with van der Waals surface area (Å²) in [6.45, 7) is 7.05. The molecule has 1 aromatic rings. The van der Waals surface area contributed by atoms with Crippen LogP contribution in [0.2, 0.25) is 0 Å². The highest BCUT2D eigenvalue weighted by Gasteiger charge is 2.23. The van der Waals surface area contributed by atoms with Crippen molar-refractivity contribution in [2.75, 3.05) is 0 Å². The van der Waals surface area contributed by atoms with Crippen LogP contribution in [0.4, 0.5) is 8.78 Å². The van der Waals surface area contributed by atoms with E-state index in [1.165, 1.54) is 0 Å². The average Bonchev–Trinajstić information content (AvgIpc) is 2.30. The van der Waals surface area contributed by atoms with E-state index in [0.717, 1.165) is 12.1 Å². The van der Waals surface area contributed by atoms with Crippen LogP contribution in [0, 0.1) is 11.6 Å². The summed E-state index contributed by atoms with van der Waals surface area (Å²) in [6.07, 6.45) is 0.